The fraction of sp³-hybridized carbons (Fsp3) is 0.308. The quantitative estimate of drug-likeness (QED) is 0.710. The molecule has 0 aliphatic carbocycles. The number of alkyl halides is 3. The molecule has 1 nitrogen and oxygen atoms in total. The molecule has 0 atom stereocenters. The van der Waals surface area contributed by atoms with Crippen molar-refractivity contribution in [1.29, 1.82) is 0 Å². The second-order valence-corrected chi connectivity index (χ2v) is 4.82. The summed E-state index contributed by atoms with van der Waals surface area (Å²) < 4.78 is 38.7. The maximum Gasteiger partial charge on any atom is 0.417 e. The number of aromatic nitrogens is 1. The molecule has 0 amide bonds. The van der Waals surface area contributed by atoms with Gasteiger partial charge in [-0.05, 0) is 29.7 Å². The molecule has 0 N–H and O–H groups in total. The highest BCUT2D eigenvalue weighted by atomic mass is 35.5. The lowest BCUT2D eigenvalue weighted by molar-refractivity contribution is -0.136. The van der Waals surface area contributed by atoms with E-state index in [1.54, 1.807) is 6.07 Å². The average Bonchev–Trinajstić information content (AvgIpc) is 2.26. The van der Waals surface area contributed by atoms with Gasteiger partial charge in [0.05, 0.1) is 16.1 Å². The number of halogens is 4. The van der Waals surface area contributed by atoms with Gasteiger partial charge in [0, 0.05) is 11.6 Å². The Labute approximate surface area is 108 Å². The van der Waals surface area contributed by atoms with Gasteiger partial charge in [0.25, 0.3) is 0 Å². The largest absolute Gasteiger partial charge is 0.417 e. The number of hydrogen-bond acceptors (Lipinski definition) is 1. The molecule has 18 heavy (non-hydrogen) atoms. The van der Waals surface area contributed by atoms with Crippen LogP contribution in [0.2, 0.25) is 5.02 Å². The van der Waals surface area contributed by atoms with Crippen molar-refractivity contribution in [3.8, 4) is 0 Å². The number of hydrogen-bond donors (Lipinski definition) is 0. The topological polar surface area (TPSA) is 12.9 Å². The van der Waals surface area contributed by atoms with E-state index in [-0.39, 0.29) is 21.8 Å². The van der Waals surface area contributed by atoms with Crippen LogP contribution in [-0.4, -0.2) is 4.98 Å². The predicted octanol–water partition coefficient (Wildman–Crippen LogP) is 5.03. The Morgan fingerprint density at radius 2 is 1.89 bits per heavy atom. The van der Waals surface area contributed by atoms with E-state index in [4.69, 9.17) is 11.6 Å². The molecule has 0 aliphatic rings. The smallest absolute Gasteiger partial charge is 0.255 e. The average molecular weight is 274 g/mol. The third-order valence-corrected chi connectivity index (χ3v) is 3.08. The Hall–Kier alpha value is -1.29. The monoisotopic (exact) mass is 273 g/mol. The maximum atomic E-state index is 12.9. The minimum atomic E-state index is -4.40. The number of pyridine rings is 1. The fourth-order valence-corrected chi connectivity index (χ4v) is 2.09. The van der Waals surface area contributed by atoms with E-state index in [2.05, 4.69) is 4.98 Å². The van der Waals surface area contributed by atoms with Gasteiger partial charge in [0.15, 0.2) is 0 Å². The molecule has 0 unspecified atom stereocenters. The van der Waals surface area contributed by atoms with E-state index in [1.165, 1.54) is 6.07 Å². The van der Waals surface area contributed by atoms with Gasteiger partial charge < -0.3 is 0 Å². The van der Waals surface area contributed by atoms with Crippen LogP contribution in [-0.2, 0) is 6.18 Å². The van der Waals surface area contributed by atoms with Crippen LogP contribution in [0.25, 0.3) is 10.9 Å². The predicted molar refractivity (Wildman–Crippen MR) is 65.8 cm³/mol. The number of nitrogens with zero attached hydrogens (tertiary/aromatic N) is 1. The van der Waals surface area contributed by atoms with Crippen molar-refractivity contribution in [2.75, 3.05) is 0 Å². The third-order valence-electron chi connectivity index (χ3n) is 2.79. The summed E-state index contributed by atoms with van der Waals surface area (Å²) in [5, 5.41) is 0.309. The molecular weight excluding hydrogens is 263 g/mol. The Bertz CT molecular complexity index is 591. The first-order chi connectivity index (χ1) is 8.30. The van der Waals surface area contributed by atoms with Gasteiger partial charge in [-0.3, -0.25) is 4.98 Å². The van der Waals surface area contributed by atoms with E-state index in [0.29, 0.717) is 0 Å². The summed E-state index contributed by atoms with van der Waals surface area (Å²) >= 11 is 6.00. The second kappa shape index (κ2) is 4.43. The van der Waals surface area contributed by atoms with Gasteiger partial charge in [-0.25, -0.2) is 0 Å². The molecule has 0 fully saturated rings. The standard InChI is InChI=1S/C13H11ClF3N/c1-7(2)8-5-9-10(13(15,16)17)3-4-18-12(9)11(14)6-8/h3-7H,1-2H3. The van der Waals surface area contributed by atoms with E-state index in [1.807, 2.05) is 13.8 Å². The van der Waals surface area contributed by atoms with Crippen molar-refractivity contribution < 1.29 is 13.2 Å². The van der Waals surface area contributed by atoms with Crippen molar-refractivity contribution in [3.05, 3.63) is 40.5 Å². The van der Waals surface area contributed by atoms with Crippen molar-refractivity contribution in [1.82, 2.24) is 4.98 Å². The summed E-state index contributed by atoms with van der Waals surface area (Å²) in [7, 11) is 0. The van der Waals surface area contributed by atoms with Crippen molar-refractivity contribution in [2.45, 2.75) is 25.9 Å². The normalized spacial score (nSPS) is 12.4. The van der Waals surface area contributed by atoms with E-state index < -0.39 is 11.7 Å². The lowest BCUT2D eigenvalue weighted by Crippen LogP contribution is -2.06. The molecule has 1 heterocycles. The lowest BCUT2D eigenvalue weighted by atomic mass is 9.99. The molecule has 96 valence electrons. The first-order valence-corrected chi connectivity index (χ1v) is 5.84. The summed E-state index contributed by atoms with van der Waals surface area (Å²) in [6, 6.07) is 4.16. The van der Waals surface area contributed by atoms with Gasteiger partial charge in [0.1, 0.15) is 0 Å². The summed E-state index contributed by atoms with van der Waals surface area (Å²) in [5.74, 6) is 0.105. The van der Waals surface area contributed by atoms with Crippen LogP contribution < -0.4 is 0 Å². The number of rotatable bonds is 1. The van der Waals surface area contributed by atoms with Crippen molar-refractivity contribution in [3.63, 3.8) is 0 Å². The second-order valence-electron chi connectivity index (χ2n) is 4.41. The Balaban J connectivity index is 2.82. The third kappa shape index (κ3) is 2.29. The molecule has 0 saturated carbocycles. The van der Waals surface area contributed by atoms with Gasteiger partial charge in [-0.2, -0.15) is 13.2 Å². The van der Waals surface area contributed by atoms with Gasteiger partial charge >= 0.3 is 6.18 Å². The zero-order valence-electron chi connectivity index (χ0n) is 9.85. The lowest BCUT2D eigenvalue weighted by Gasteiger charge is -2.13. The molecule has 0 bridgehead atoms. The van der Waals surface area contributed by atoms with E-state index >= 15 is 0 Å². The van der Waals surface area contributed by atoms with Crippen LogP contribution >= 0.6 is 11.6 Å². The fourth-order valence-electron chi connectivity index (χ4n) is 1.81. The molecule has 0 spiro atoms. The van der Waals surface area contributed by atoms with Gasteiger partial charge in [0.2, 0.25) is 0 Å². The molecule has 1 aromatic carbocycles. The number of fused-ring (bicyclic) bond motifs is 1. The molecule has 0 saturated heterocycles. The van der Waals surface area contributed by atoms with Crippen LogP contribution in [0.5, 0.6) is 0 Å². The molecule has 5 heteroatoms. The zero-order valence-corrected chi connectivity index (χ0v) is 10.6. The van der Waals surface area contributed by atoms with Crippen LogP contribution in [0, 0.1) is 0 Å². The summed E-state index contributed by atoms with van der Waals surface area (Å²) in [4.78, 5) is 3.92. The van der Waals surface area contributed by atoms with Gasteiger partial charge in [-0.1, -0.05) is 25.4 Å². The molecule has 2 aromatic rings. The summed E-state index contributed by atoms with van der Waals surface area (Å²) in [6.07, 6.45) is -3.27. The Morgan fingerprint density at radius 1 is 1.22 bits per heavy atom. The first kappa shape index (κ1) is 13.1. The summed E-state index contributed by atoms with van der Waals surface area (Å²) in [5.41, 5.74) is 0.263. The van der Waals surface area contributed by atoms with E-state index in [0.717, 1.165) is 17.8 Å². The molecule has 0 radical (unpaired) electrons. The highest BCUT2D eigenvalue weighted by molar-refractivity contribution is 6.35. The van der Waals surface area contributed by atoms with Crippen LogP contribution in [0.15, 0.2) is 24.4 Å². The SMILES string of the molecule is CC(C)c1cc(Cl)c2nccc(C(F)(F)F)c2c1. The van der Waals surface area contributed by atoms with Crippen LogP contribution in [0.1, 0.15) is 30.9 Å². The van der Waals surface area contributed by atoms with Crippen molar-refractivity contribution >= 4 is 22.5 Å². The first-order valence-electron chi connectivity index (χ1n) is 5.46. The van der Waals surface area contributed by atoms with E-state index in [9.17, 15) is 13.2 Å². The minimum absolute atomic E-state index is 0.0567. The highest BCUT2D eigenvalue weighted by Gasteiger charge is 2.33. The van der Waals surface area contributed by atoms with Crippen LogP contribution in [0.4, 0.5) is 13.2 Å². The molecule has 0 aliphatic heterocycles. The minimum Gasteiger partial charge on any atom is -0.255 e. The van der Waals surface area contributed by atoms with Crippen LogP contribution in [0.3, 0.4) is 0 Å². The Morgan fingerprint density at radius 3 is 2.44 bits per heavy atom. The molecule has 2 rings (SSSR count). The summed E-state index contributed by atoms with van der Waals surface area (Å²) in [6.45, 7) is 3.81. The molecular formula is C13H11ClF3N. The Kier molecular flexibility index (Phi) is 3.23. The zero-order chi connectivity index (χ0) is 13.5. The molecule has 1 aromatic heterocycles. The van der Waals surface area contributed by atoms with Crippen molar-refractivity contribution in [2.24, 2.45) is 0 Å². The van der Waals surface area contributed by atoms with Gasteiger partial charge in [-0.15, -0.1) is 0 Å². The number of benzene rings is 1. The maximum absolute atomic E-state index is 12.9. The highest BCUT2D eigenvalue weighted by Crippen LogP contribution is 2.37.